The molecule has 6 nitrogen and oxygen atoms in total. The molecule has 2 rings (SSSR count). The number of piperazine rings is 1. The van der Waals surface area contributed by atoms with Gasteiger partial charge < -0.3 is 19.9 Å². The van der Waals surface area contributed by atoms with Gasteiger partial charge in [0, 0.05) is 26.2 Å². The van der Waals surface area contributed by atoms with Crippen LogP contribution < -0.4 is 10.2 Å². The number of imidazole rings is 1. The topological polar surface area (TPSA) is 70.2 Å². The van der Waals surface area contributed by atoms with E-state index >= 15 is 0 Å². The van der Waals surface area contributed by atoms with E-state index in [0.29, 0.717) is 12.3 Å². The Morgan fingerprint density at radius 1 is 1.56 bits per heavy atom. The summed E-state index contributed by atoms with van der Waals surface area (Å²) in [6.07, 6.45) is 1.52. The molecular weight excluding hydrogens is 208 g/mol. The highest BCUT2D eigenvalue weighted by molar-refractivity contribution is 5.87. The van der Waals surface area contributed by atoms with Crippen LogP contribution in [0.5, 0.6) is 0 Å². The number of anilines is 1. The van der Waals surface area contributed by atoms with Gasteiger partial charge in [0.25, 0.3) is 0 Å². The maximum absolute atomic E-state index is 11.4. The maximum Gasteiger partial charge on any atom is 0.356 e. The number of esters is 1. The Hall–Kier alpha value is -1.56. The lowest BCUT2D eigenvalue weighted by Crippen LogP contribution is -2.44. The van der Waals surface area contributed by atoms with E-state index < -0.39 is 0 Å². The van der Waals surface area contributed by atoms with E-state index in [1.807, 2.05) is 0 Å². The molecule has 1 aromatic rings. The molecule has 16 heavy (non-hydrogen) atoms. The van der Waals surface area contributed by atoms with Crippen LogP contribution in [-0.4, -0.2) is 48.7 Å². The molecule has 1 aliphatic heterocycles. The molecule has 0 aliphatic carbocycles. The van der Waals surface area contributed by atoms with Crippen molar-refractivity contribution in [1.82, 2.24) is 15.3 Å². The van der Waals surface area contributed by atoms with Gasteiger partial charge in [0.2, 0.25) is 5.95 Å². The highest BCUT2D eigenvalue weighted by Crippen LogP contribution is 2.10. The Kier molecular flexibility index (Phi) is 3.40. The van der Waals surface area contributed by atoms with Crippen molar-refractivity contribution < 1.29 is 9.53 Å². The second-order valence-electron chi connectivity index (χ2n) is 3.58. The largest absolute Gasteiger partial charge is 0.461 e. The summed E-state index contributed by atoms with van der Waals surface area (Å²) < 4.78 is 4.89. The average Bonchev–Trinajstić information content (AvgIpc) is 2.80. The van der Waals surface area contributed by atoms with E-state index in [2.05, 4.69) is 20.2 Å². The fraction of sp³-hybridized carbons (Fsp3) is 0.600. The minimum atomic E-state index is -0.351. The van der Waals surface area contributed by atoms with E-state index in [1.54, 1.807) is 6.92 Å². The summed E-state index contributed by atoms with van der Waals surface area (Å²) in [7, 11) is 0. The molecule has 1 fully saturated rings. The van der Waals surface area contributed by atoms with Crippen molar-refractivity contribution in [2.45, 2.75) is 6.92 Å². The summed E-state index contributed by atoms with van der Waals surface area (Å²) >= 11 is 0. The molecule has 1 aliphatic rings. The summed E-state index contributed by atoms with van der Waals surface area (Å²) in [5.41, 5.74) is 0.412. The summed E-state index contributed by atoms with van der Waals surface area (Å²) in [5.74, 6) is 0.390. The number of hydrogen-bond donors (Lipinski definition) is 2. The normalized spacial score (nSPS) is 16.2. The molecule has 0 amide bonds. The van der Waals surface area contributed by atoms with Gasteiger partial charge in [-0.15, -0.1) is 0 Å². The van der Waals surface area contributed by atoms with Gasteiger partial charge in [-0.1, -0.05) is 0 Å². The van der Waals surface area contributed by atoms with E-state index in [1.165, 1.54) is 6.20 Å². The van der Waals surface area contributed by atoms with Crippen molar-refractivity contribution >= 4 is 11.9 Å². The third-order valence-corrected chi connectivity index (χ3v) is 2.47. The molecular formula is C10H16N4O2. The molecule has 0 aromatic carbocycles. The number of nitrogens with zero attached hydrogens (tertiary/aromatic N) is 2. The Morgan fingerprint density at radius 3 is 3.00 bits per heavy atom. The minimum Gasteiger partial charge on any atom is -0.461 e. The lowest BCUT2D eigenvalue weighted by Gasteiger charge is -2.26. The SMILES string of the molecule is CCOC(=O)c1cnc(N2CCNCC2)[nH]1. The third kappa shape index (κ3) is 2.33. The van der Waals surface area contributed by atoms with Crippen molar-refractivity contribution in [1.29, 1.82) is 0 Å². The Morgan fingerprint density at radius 2 is 2.31 bits per heavy atom. The van der Waals surface area contributed by atoms with Gasteiger partial charge in [-0.05, 0) is 6.92 Å². The highest BCUT2D eigenvalue weighted by Gasteiger charge is 2.16. The number of ether oxygens (including phenoxy) is 1. The molecule has 2 heterocycles. The predicted octanol–water partition coefficient (Wildman–Crippen LogP) is -0.00400. The van der Waals surface area contributed by atoms with Gasteiger partial charge in [0.15, 0.2) is 0 Å². The number of carbonyl (C=O) groups excluding carboxylic acids is 1. The summed E-state index contributed by atoms with van der Waals surface area (Å²) in [6.45, 7) is 5.84. The first-order valence-electron chi connectivity index (χ1n) is 5.49. The van der Waals surface area contributed by atoms with Crippen LogP contribution in [0, 0.1) is 0 Å². The van der Waals surface area contributed by atoms with E-state index in [0.717, 1.165) is 32.1 Å². The van der Waals surface area contributed by atoms with Gasteiger partial charge in [0.1, 0.15) is 5.69 Å². The van der Waals surface area contributed by atoms with Gasteiger partial charge in [-0.3, -0.25) is 0 Å². The molecule has 0 radical (unpaired) electrons. The van der Waals surface area contributed by atoms with Crippen molar-refractivity contribution in [2.75, 3.05) is 37.7 Å². The number of hydrogen-bond acceptors (Lipinski definition) is 5. The van der Waals surface area contributed by atoms with E-state index in [-0.39, 0.29) is 5.97 Å². The van der Waals surface area contributed by atoms with Crippen molar-refractivity contribution in [3.63, 3.8) is 0 Å². The molecule has 0 bridgehead atoms. The lowest BCUT2D eigenvalue weighted by atomic mass is 10.4. The number of rotatable bonds is 3. The molecule has 0 atom stereocenters. The number of H-pyrrole nitrogens is 1. The maximum atomic E-state index is 11.4. The van der Waals surface area contributed by atoms with E-state index in [4.69, 9.17) is 4.74 Å². The monoisotopic (exact) mass is 224 g/mol. The molecule has 0 saturated carbocycles. The van der Waals surface area contributed by atoms with Crippen LogP contribution in [0.15, 0.2) is 6.20 Å². The standard InChI is InChI=1S/C10H16N4O2/c1-2-16-9(15)8-7-12-10(13-8)14-5-3-11-4-6-14/h7,11H,2-6H2,1H3,(H,12,13). The van der Waals surface area contributed by atoms with Crippen molar-refractivity contribution in [3.05, 3.63) is 11.9 Å². The van der Waals surface area contributed by atoms with Crippen LogP contribution in [0.2, 0.25) is 0 Å². The van der Waals surface area contributed by atoms with E-state index in [9.17, 15) is 4.79 Å². The highest BCUT2D eigenvalue weighted by atomic mass is 16.5. The predicted molar refractivity (Wildman–Crippen MR) is 59.6 cm³/mol. The number of aromatic nitrogens is 2. The van der Waals surface area contributed by atoms with Crippen LogP contribution in [0.4, 0.5) is 5.95 Å². The zero-order chi connectivity index (χ0) is 11.4. The fourth-order valence-corrected chi connectivity index (χ4v) is 1.66. The Bertz CT molecular complexity index is 357. The average molecular weight is 224 g/mol. The van der Waals surface area contributed by atoms with Gasteiger partial charge in [-0.2, -0.15) is 0 Å². The second kappa shape index (κ2) is 4.98. The number of carbonyl (C=O) groups is 1. The molecule has 6 heteroatoms. The smallest absolute Gasteiger partial charge is 0.356 e. The quantitative estimate of drug-likeness (QED) is 0.707. The van der Waals surface area contributed by atoms with Gasteiger partial charge >= 0.3 is 5.97 Å². The summed E-state index contributed by atoms with van der Waals surface area (Å²) in [5, 5.41) is 3.26. The number of aromatic amines is 1. The lowest BCUT2D eigenvalue weighted by molar-refractivity contribution is 0.0520. The molecule has 1 saturated heterocycles. The molecule has 0 unspecified atom stereocenters. The Balaban J connectivity index is 2.03. The summed E-state index contributed by atoms with van der Waals surface area (Å²) in [4.78, 5) is 20.7. The van der Waals surface area contributed by atoms with Crippen molar-refractivity contribution in [3.8, 4) is 0 Å². The number of nitrogens with one attached hydrogen (secondary N) is 2. The third-order valence-electron chi connectivity index (χ3n) is 2.47. The van der Waals surface area contributed by atoms with Crippen LogP contribution >= 0.6 is 0 Å². The van der Waals surface area contributed by atoms with Crippen LogP contribution in [0.25, 0.3) is 0 Å². The second-order valence-corrected chi connectivity index (χ2v) is 3.58. The molecule has 0 spiro atoms. The van der Waals surface area contributed by atoms with Crippen LogP contribution in [-0.2, 0) is 4.74 Å². The van der Waals surface area contributed by atoms with Crippen LogP contribution in [0.1, 0.15) is 17.4 Å². The Labute approximate surface area is 94.0 Å². The zero-order valence-corrected chi connectivity index (χ0v) is 9.32. The first-order chi connectivity index (χ1) is 7.81. The zero-order valence-electron chi connectivity index (χ0n) is 9.32. The molecule has 2 N–H and O–H groups in total. The molecule has 88 valence electrons. The first kappa shape index (κ1) is 10.9. The summed E-state index contributed by atoms with van der Waals surface area (Å²) in [6, 6.07) is 0. The fourth-order valence-electron chi connectivity index (χ4n) is 1.66. The molecule has 1 aromatic heterocycles. The van der Waals surface area contributed by atoms with Crippen LogP contribution in [0.3, 0.4) is 0 Å². The van der Waals surface area contributed by atoms with Gasteiger partial charge in [-0.25, -0.2) is 9.78 Å². The minimum absolute atomic E-state index is 0.351. The van der Waals surface area contributed by atoms with Gasteiger partial charge in [0.05, 0.1) is 12.8 Å². The van der Waals surface area contributed by atoms with Crippen molar-refractivity contribution in [2.24, 2.45) is 0 Å². The first-order valence-corrected chi connectivity index (χ1v) is 5.49.